The molecule has 0 spiro atoms. The zero-order valence-electron chi connectivity index (χ0n) is 14.9. The van der Waals surface area contributed by atoms with E-state index in [1.165, 1.54) is 13.1 Å². The van der Waals surface area contributed by atoms with Crippen LogP contribution in [-0.2, 0) is 23.9 Å². The fourth-order valence-corrected chi connectivity index (χ4v) is 2.85. The van der Waals surface area contributed by atoms with Gasteiger partial charge in [-0.1, -0.05) is 18.2 Å². The minimum Gasteiger partial charge on any atom is -0.465 e. The van der Waals surface area contributed by atoms with E-state index in [1.54, 1.807) is 25.7 Å². The lowest BCUT2D eigenvalue weighted by atomic mass is 9.73. The predicted molar refractivity (Wildman–Crippen MR) is 92.8 cm³/mol. The number of carbonyl (C=O) groups is 3. The summed E-state index contributed by atoms with van der Waals surface area (Å²) in [5.41, 5.74) is -0.901. The van der Waals surface area contributed by atoms with Crippen molar-refractivity contribution in [3.63, 3.8) is 0 Å². The highest BCUT2D eigenvalue weighted by Gasteiger charge is 2.54. The van der Waals surface area contributed by atoms with Gasteiger partial charge in [0.2, 0.25) is 0 Å². The molecule has 2 rings (SSSR count). The van der Waals surface area contributed by atoms with Crippen molar-refractivity contribution in [3.05, 3.63) is 42.1 Å². The third-order valence-electron chi connectivity index (χ3n) is 4.49. The van der Waals surface area contributed by atoms with Gasteiger partial charge in [0.05, 0.1) is 19.3 Å². The molecule has 1 aromatic rings. The Labute approximate surface area is 147 Å². The Kier molecular flexibility index (Phi) is 5.62. The molecule has 6 nitrogen and oxygen atoms in total. The Balaban J connectivity index is 2.58. The summed E-state index contributed by atoms with van der Waals surface area (Å²) >= 11 is 0. The zero-order chi connectivity index (χ0) is 18.6. The van der Waals surface area contributed by atoms with Gasteiger partial charge < -0.3 is 14.4 Å². The molecule has 0 N–H and O–H groups in total. The van der Waals surface area contributed by atoms with Gasteiger partial charge in [-0.15, -0.1) is 0 Å². The van der Waals surface area contributed by atoms with E-state index in [4.69, 9.17) is 9.47 Å². The first-order chi connectivity index (χ1) is 11.9. The Morgan fingerprint density at radius 3 is 2.28 bits per heavy atom. The average molecular weight is 345 g/mol. The highest BCUT2D eigenvalue weighted by molar-refractivity contribution is 6.26. The van der Waals surface area contributed by atoms with E-state index >= 15 is 0 Å². The summed E-state index contributed by atoms with van der Waals surface area (Å²) in [6.07, 6.45) is 1.46. The molecule has 0 radical (unpaired) electrons. The number of hydrogen-bond donors (Lipinski definition) is 0. The summed E-state index contributed by atoms with van der Waals surface area (Å²) in [6.45, 7) is 6.91. The summed E-state index contributed by atoms with van der Waals surface area (Å²) in [7, 11) is 0. The number of para-hydroxylation sites is 1. The molecule has 6 heteroatoms. The van der Waals surface area contributed by atoms with E-state index in [0.29, 0.717) is 0 Å². The number of benzene rings is 1. The lowest BCUT2D eigenvalue weighted by molar-refractivity contribution is -0.160. The lowest BCUT2D eigenvalue weighted by Crippen LogP contribution is -2.57. The van der Waals surface area contributed by atoms with Crippen LogP contribution in [0, 0.1) is 5.41 Å². The maximum Gasteiger partial charge on any atom is 0.343 e. The van der Waals surface area contributed by atoms with Crippen molar-refractivity contribution in [2.75, 3.05) is 18.1 Å². The first-order valence-electron chi connectivity index (χ1n) is 8.32. The van der Waals surface area contributed by atoms with Crippen molar-refractivity contribution >= 4 is 23.4 Å². The van der Waals surface area contributed by atoms with Crippen LogP contribution in [0.4, 0.5) is 5.69 Å². The molecule has 0 aromatic heterocycles. The van der Waals surface area contributed by atoms with E-state index in [9.17, 15) is 14.4 Å². The average Bonchev–Trinajstić information content (AvgIpc) is 2.61. The molecule has 2 atom stereocenters. The predicted octanol–water partition coefficient (Wildman–Crippen LogP) is 2.48. The maximum absolute atomic E-state index is 13.0. The van der Waals surface area contributed by atoms with Gasteiger partial charge >= 0.3 is 11.9 Å². The van der Waals surface area contributed by atoms with Crippen LogP contribution in [0.3, 0.4) is 0 Å². The second-order valence-electron chi connectivity index (χ2n) is 5.93. The first kappa shape index (κ1) is 18.7. The van der Waals surface area contributed by atoms with Crippen LogP contribution in [0.25, 0.3) is 0 Å². The number of rotatable bonds is 5. The van der Waals surface area contributed by atoms with E-state index in [2.05, 4.69) is 0 Å². The monoisotopic (exact) mass is 345 g/mol. The largest absolute Gasteiger partial charge is 0.465 e. The van der Waals surface area contributed by atoms with Crippen LogP contribution < -0.4 is 4.90 Å². The smallest absolute Gasteiger partial charge is 0.343 e. The second-order valence-corrected chi connectivity index (χ2v) is 5.93. The molecule has 0 amide bonds. The Hall–Kier alpha value is -2.63. The number of carbonyl (C=O) groups excluding carboxylic acids is 3. The molecule has 0 saturated heterocycles. The summed E-state index contributed by atoms with van der Waals surface area (Å²) in [4.78, 5) is 39.6. The lowest BCUT2D eigenvalue weighted by Gasteiger charge is -2.42. The molecule has 2 unspecified atom stereocenters. The minimum absolute atomic E-state index is 0.139. The third-order valence-corrected chi connectivity index (χ3v) is 4.49. The van der Waals surface area contributed by atoms with Crippen molar-refractivity contribution in [3.8, 4) is 0 Å². The van der Waals surface area contributed by atoms with Crippen molar-refractivity contribution in [2.45, 2.75) is 33.7 Å². The van der Waals surface area contributed by atoms with Gasteiger partial charge in [0, 0.05) is 11.9 Å². The first-order valence-corrected chi connectivity index (χ1v) is 8.32. The van der Waals surface area contributed by atoms with Gasteiger partial charge in [-0.25, -0.2) is 4.79 Å². The van der Waals surface area contributed by atoms with Crippen LogP contribution in [0.15, 0.2) is 42.1 Å². The molecular weight excluding hydrogens is 322 g/mol. The quantitative estimate of drug-likeness (QED) is 0.464. The molecule has 1 aliphatic rings. The van der Waals surface area contributed by atoms with E-state index < -0.39 is 29.2 Å². The topological polar surface area (TPSA) is 72.9 Å². The fraction of sp³-hybridized carbons (Fsp3) is 0.421. The van der Waals surface area contributed by atoms with Gasteiger partial charge in [0.25, 0.3) is 0 Å². The van der Waals surface area contributed by atoms with Gasteiger partial charge in [0.1, 0.15) is 11.0 Å². The van der Waals surface area contributed by atoms with Gasteiger partial charge in [-0.2, -0.15) is 0 Å². The third kappa shape index (κ3) is 3.29. The molecule has 0 fully saturated rings. The van der Waals surface area contributed by atoms with Crippen LogP contribution in [0.1, 0.15) is 27.7 Å². The van der Waals surface area contributed by atoms with E-state index in [0.717, 1.165) is 5.69 Å². The Bertz CT molecular complexity index is 697. The molecule has 134 valence electrons. The number of esters is 2. The number of hydrogen-bond acceptors (Lipinski definition) is 6. The molecular formula is C19H23NO5. The van der Waals surface area contributed by atoms with Crippen molar-refractivity contribution < 1.29 is 23.9 Å². The number of nitrogens with zero attached hydrogens (tertiary/aromatic N) is 1. The summed E-state index contributed by atoms with van der Waals surface area (Å²) < 4.78 is 10.1. The highest BCUT2D eigenvalue weighted by Crippen LogP contribution is 2.38. The van der Waals surface area contributed by atoms with Crippen LogP contribution in [0.2, 0.25) is 0 Å². The maximum atomic E-state index is 13.0. The fourth-order valence-electron chi connectivity index (χ4n) is 2.85. The molecule has 25 heavy (non-hydrogen) atoms. The van der Waals surface area contributed by atoms with Crippen molar-refractivity contribution in [1.82, 2.24) is 0 Å². The minimum atomic E-state index is -1.51. The molecule has 0 bridgehead atoms. The molecule has 1 aliphatic heterocycles. The van der Waals surface area contributed by atoms with Crippen molar-refractivity contribution in [1.29, 1.82) is 0 Å². The second kappa shape index (κ2) is 7.51. The summed E-state index contributed by atoms with van der Waals surface area (Å²) in [5.74, 6) is -1.97. The van der Waals surface area contributed by atoms with Gasteiger partial charge in [0.15, 0.2) is 5.78 Å². The number of ketones is 1. The van der Waals surface area contributed by atoms with Crippen LogP contribution in [0.5, 0.6) is 0 Å². The standard InChI is InChI=1S/C19H23NO5/c1-5-24-17(22)15-12-20(14-10-8-7-9-11-14)13(3)19(4,16(15)21)18(23)25-6-2/h7-13H,5-6H2,1-4H3. The Morgan fingerprint density at radius 2 is 1.72 bits per heavy atom. The van der Waals surface area contributed by atoms with E-state index in [-0.39, 0.29) is 18.8 Å². The van der Waals surface area contributed by atoms with Crippen molar-refractivity contribution in [2.24, 2.45) is 5.41 Å². The summed E-state index contributed by atoms with van der Waals surface area (Å²) in [5, 5.41) is 0. The van der Waals surface area contributed by atoms with Crippen LogP contribution in [-0.4, -0.2) is 37.0 Å². The Morgan fingerprint density at radius 1 is 1.12 bits per heavy atom. The highest BCUT2D eigenvalue weighted by atomic mass is 16.5. The molecule has 0 saturated carbocycles. The molecule has 1 heterocycles. The van der Waals surface area contributed by atoms with E-state index in [1.807, 2.05) is 30.3 Å². The molecule has 0 aliphatic carbocycles. The van der Waals surface area contributed by atoms with Crippen LogP contribution >= 0.6 is 0 Å². The number of anilines is 1. The van der Waals surface area contributed by atoms with Gasteiger partial charge in [-0.3, -0.25) is 9.59 Å². The molecule has 1 aromatic carbocycles. The normalized spacial score (nSPS) is 23.0. The summed E-state index contributed by atoms with van der Waals surface area (Å²) in [6, 6.07) is 8.72. The SMILES string of the molecule is CCOC(=O)C1=CN(c2ccccc2)C(C)C(C)(C(=O)OCC)C1=O. The zero-order valence-corrected chi connectivity index (χ0v) is 14.9. The van der Waals surface area contributed by atoms with Gasteiger partial charge in [-0.05, 0) is 39.8 Å². The number of Topliss-reactive ketones (excluding diaryl/α,β-unsaturated/α-hetero) is 1. The number of ether oxygens (including phenoxy) is 2.